The lowest BCUT2D eigenvalue weighted by atomic mass is 9.86. The molecule has 1 saturated heterocycles. The van der Waals surface area contributed by atoms with Crippen molar-refractivity contribution in [1.82, 2.24) is 10.2 Å². The quantitative estimate of drug-likeness (QED) is 0.864. The summed E-state index contributed by atoms with van der Waals surface area (Å²) in [5, 5.41) is 7.85. The third-order valence-electron chi connectivity index (χ3n) is 4.19. The number of piperidine rings is 1. The Labute approximate surface area is 115 Å². The Morgan fingerprint density at radius 3 is 2.84 bits per heavy atom. The summed E-state index contributed by atoms with van der Waals surface area (Å²) in [6.07, 6.45) is 2.30. The van der Waals surface area contributed by atoms with E-state index in [2.05, 4.69) is 15.1 Å². The van der Waals surface area contributed by atoms with Crippen LogP contribution in [-0.4, -0.2) is 23.3 Å². The van der Waals surface area contributed by atoms with Crippen LogP contribution in [0.3, 0.4) is 0 Å². The number of anilines is 1. The van der Waals surface area contributed by atoms with Crippen molar-refractivity contribution in [2.75, 3.05) is 18.0 Å². The van der Waals surface area contributed by atoms with E-state index in [9.17, 15) is 4.39 Å². The first-order chi connectivity index (χ1) is 9.25. The minimum absolute atomic E-state index is 0.315. The zero-order chi connectivity index (χ0) is 13.0. The van der Waals surface area contributed by atoms with E-state index in [-0.39, 0.29) is 5.82 Å². The second kappa shape index (κ2) is 3.97. The van der Waals surface area contributed by atoms with Crippen molar-refractivity contribution in [1.29, 1.82) is 0 Å². The van der Waals surface area contributed by atoms with E-state index in [1.165, 1.54) is 6.07 Å². The number of nitrogens with zero attached hydrogens (tertiary/aromatic N) is 2. The highest BCUT2D eigenvalue weighted by Gasteiger charge is 2.36. The van der Waals surface area contributed by atoms with Gasteiger partial charge >= 0.3 is 0 Å². The Morgan fingerprint density at radius 1 is 1.32 bits per heavy atom. The number of hydrogen-bond acceptors (Lipinski definition) is 2. The minimum Gasteiger partial charge on any atom is -0.368 e. The van der Waals surface area contributed by atoms with Crippen molar-refractivity contribution in [2.45, 2.75) is 18.8 Å². The number of aromatic nitrogens is 2. The summed E-state index contributed by atoms with van der Waals surface area (Å²) < 4.78 is 14.1. The fourth-order valence-electron chi connectivity index (χ4n) is 3.24. The Balaban J connectivity index is 1.95. The van der Waals surface area contributed by atoms with Gasteiger partial charge in [-0.25, -0.2) is 4.39 Å². The molecule has 0 amide bonds. The van der Waals surface area contributed by atoms with Gasteiger partial charge in [-0.15, -0.1) is 0 Å². The first kappa shape index (κ1) is 11.3. The summed E-state index contributed by atoms with van der Waals surface area (Å²) in [5.74, 6) is 0.219. The maximum atomic E-state index is 14.1. The lowest BCUT2D eigenvalue weighted by molar-refractivity contribution is 0.466. The molecule has 1 N–H and O–H groups in total. The third-order valence-corrected chi connectivity index (χ3v) is 4.50. The fraction of sp³-hybridized carbons (Fsp3) is 0.357. The highest BCUT2D eigenvalue weighted by atomic mass is 35.5. The van der Waals surface area contributed by atoms with Crippen LogP contribution >= 0.6 is 11.6 Å². The van der Waals surface area contributed by atoms with Crippen molar-refractivity contribution < 1.29 is 4.39 Å². The normalized spacial score (nSPS) is 17.9. The molecule has 0 aliphatic carbocycles. The van der Waals surface area contributed by atoms with E-state index in [0.29, 0.717) is 22.2 Å². The Morgan fingerprint density at radius 2 is 2.11 bits per heavy atom. The number of benzene rings is 1. The van der Waals surface area contributed by atoms with Crippen LogP contribution in [0.1, 0.15) is 24.5 Å². The number of fused-ring (bicyclic) bond motifs is 2. The average Bonchev–Trinajstić information content (AvgIpc) is 2.87. The first-order valence-corrected chi connectivity index (χ1v) is 6.91. The zero-order valence-corrected chi connectivity index (χ0v) is 11.0. The summed E-state index contributed by atoms with van der Waals surface area (Å²) in [4.78, 5) is 2.29. The predicted molar refractivity (Wildman–Crippen MR) is 73.2 cm³/mol. The van der Waals surface area contributed by atoms with Crippen molar-refractivity contribution in [3.8, 4) is 11.3 Å². The molecule has 19 heavy (non-hydrogen) atoms. The summed E-state index contributed by atoms with van der Waals surface area (Å²) in [7, 11) is 0. The summed E-state index contributed by atoms with van der Waals surface area (Å²) >= 11 is 6.15. The van der Waals surface area contributed by atoms with Gasteiger partial charge < -0.3 is 4.90 Å². The SMILES string of the molecule is Fc1cccc(Cl)c1-c1n[nH]c2c1N1CCC2CC1. The van der Waals surface area contributed by atoms with Gasteiger partial charge in [-0.05, 0) is 25.0 Å². The molecule has 1 fully saturated rings. The Kier molecular flexibility index (Phi) is 2.36. The molecule has 2 aromatic rings. The van der Waals surface area contributed by atoms with Gasteiger partial charge in [-0.1, -0.05) is 17.7 Å². The maximum absolute atomic E-state index is 14.1. The highest BCUT2D eigenvalue weighted by molar-refractivity contribution is 6.33. The number of hydrogen-bond donors (Lipinski definition) is 1. The summed E-state index contributed by atoms with van der Waals surface area (Å²) in [6.45, 7) is 2.05. The van der Waals surface area contributed by atoms with Gasteiger partial charge in [0.05, 0.1) is 22.0 Å². The zero-order valence-electron chi connectivity index (χ0n) is 10.3. The molecule has 5 heteroatoms. The molecular weight excluding hydrogens is 265 g/mol. The topological polar surface area (TPSA) is 31.9 Å². The lowest BCUT2D eigenvalue weighted by Gasteiger charge is -2.40. The van der Waals surface area contributed by atoms with Gasteiger partial charge in [0.1, 0.15) is 11.5 Å². The highest BCUT2D eigenvalue weighted by Crippen LogP contribution is 2.47. The van der Waals surface area contributed by atoms with Crippen molar-refractivity contribution in [3.63, 3.8) is 0 Å². The summed E-state index contributed by atoms with van der Waals surface area (Å²) in [6, 6.07) is 4.75. The van der Waals surface area contributed by atoms with Crippen molar-refractivity contribution in [3.05, 3.63) is 34.7 Å². The van der Waals surface area contributed by atoms with Crippen LogP contribution in [0.25, 0.3) is 11.3 Å². The Hall–Kier alpha value is -1.55. The van der Waals surface area contributed by atoms with Gasteiger partial charge in [-0.3, -0.25) is 5.10 Å². The molecule has 4 heterocycles. The van der Waals surface area contributed by atoms with E-state index < -0.39 is 0 Å². The smallest absolute Gasteiger partial charge is 0.134 e. The van der Waals surface area contributed by atoms with Crippen LogP contribution < -0.4 is 4.90 Å². The number of nitrogens with one attached hydrogen (secondary N) is 1. The van der Waals surface area contributed by atoms with E-state index in [1.807, 2.05) is 0 Å². The molecule has 1 aromatic heterocycles. The van der Waals surface area contributed by atoms with Crippen LogP contribution in [0.5, 0.6) is 0 Å². The van der Waals surface area contributed by atoms with Crippen molar-refractivity contribution >= 4 is 17.3 Å². The molecule has 2 bridgehead atoms. The molecule has 0 radical (unpaired) electrons. The molecule has 3 aliphatic heterocycles. The first-order valence-electron chi connectivity index (χ1n) is 6.53. The van der Waals surface area contributed by atoms with E-state index >= 15 is 0 Å². The van der Waals surface area contributed by atoms with Crippen LogP contribution in [-0.2, 0) is 0 Å². The standard InChI is InChI=1S/C14H13ClFN3/c15-9-2-1-3-10(16)11(9)13-14-12(17-18-13)8-4-6-19(14)7-5-8/h1-3,8H,4-7H2,(H,17,18). The van der Waals surface area contributed by atoms with E-state index in [4.69, 9.17) is 11.6 Å². The second-order valence-corrected chi connectivity index (χ2v) is 5.60. The molecule has 3 nitrogen and oxygen atoms in total. The number of aromatic amines is 1. The van der Waals surface area contributed by atoms with Crippen molar-refractivity contribution in [2.24, 2.45) is 0 Å². The van der Waals surface area contributed by atoms with Gasteiger partial charge in [0, 0.05) is 19.0 Å². The number of halogens is 2. The summed E-state index contributed by atoms with van der Waals surface area (Å²) in [5.41, 5.74) is 3.26. The largest absolute Gasteiger partial charge is 0.368 e. The molecule has 0 saturated carbocycles. The second-order valence-electron chi connectivity index (χ2n) is 5.19. The molecule has 98 valence electrons. The van der Waals surface area contributed by atoms with Gasteiger partial charge in [-0.2, -0.15) is 5.10 Å². The maximum Gasteiger partial charge on any atom is 0.134 e. The third kappa shape index (κ3) is 1.53. The molecule has 0 unspecified atom stereocenters. The average molecular weight is 278 g/mol. The molecule has 0 spiro atoms. The van der Waals surface area contributed by atoms with Crippen LogP contribution in [0.4, 0.5) is 10.1 Å². The monoisotopic (exact) mass is 277 g/mol. The van der Waals surface area contributed by atoms with Gasteiger partial charge in [0.25, 0.3) is 0 Å². The Bertz CT molecular complexity index is 624. The molecular formula is C14H13ClFN3. The van der Waals surface area contributed by atoms with E-state index in [1.54, 1.807) is 12.1 Å². The van der Waals surface area contributed by atoms with Crippen LogP contribution in [0, 0.1) is 5.82 Å². The van der Waals surface area contributed by atoms with Gasteiger partial charge in [0.2, 0.25) is 0 Å². The molecule has 3 aliphatic rings. The molecule has 0 atom stereocenters. The molecule has 1 aromatic carbocycles. The van der Waals surface area contributed by atoms with E-state index in [0.717, 1.165) is 37.3 Å². The number of H-pyrrole nitrogens is 1. The number of rotatable bonds is 1. The van der Waals surface area contributed by atoms with Crippen LogP contribution in [0.15, 0.2) is 18.2 Å². The molecule has 5 rings (SSSR count). The lowest BCUT2D eigenvalue weighted by Crippen LogP contribution is -2.38. The minimum atomic E-state index is -0.315. The van der Waals surface area contributed by atoms with Gasteiger partial charge in [0.15, 0.2) is 0 Å². The fourth-order valence-corrected chi connectivity index (χ4v) is 3.50. The predicted octanol–water partition coefficient (Wildman–Crippen LogP) is 3.57. The van der Waals surface area contributed by atoms with Crippen LogP contribution in [0.2, 0.25) is 5.02 Å².